The lowest BCUT2D eigenvalue weighted by molar-refractivity contribution is -0.106. The van der Waals surface area contributed by atoms with E-state index in [1.807, 2.05) is 66.7 Å². The van der Waals surface area contributed by atoms with Crippen molar-refractivity contribution < 1.29 is 33.2 Å². The van der Waals surface area contributed by atoms with Crippen LogP contribution in [-0.2, 0) is 9.47 Å². The van der Waals surface area contributed by atoms with Gasteiger partial charge in [-0.25, -0.2) is 0 Å². The minimum Gasteiger partial charge on any atom is -0.492 e. The van der Waals surface area contributed by atoms with E-state index < -0.39 is 12.0 Å². The van der Waals surface area contributed by atoms with Gasteiger partial charge >= 0.3 is 0 Å². The molecule has 4 aliphatic heterocycles. The van der Waals surface area contributed by atoms with Gasteiger partial charge in [0.2, 0.25) is 0 Å². The molecule has 2 unspecified atom stereocenters. The lowest BCUT2D eigenvalue weighted by Gasteiger charge is -2.34. The van der Waals surface area contributed by atoms with Gasteiger partial charge in [-0.05, 0) is 99.1 Å². The molecule has 46 heavy (non-hydrogen) atoms. The van der Waals surface area contributed by atoms with E-state index in [1.165, 1.54) is 19.3 Å². The van der Waals surface area contributed by atoms with Gasteiger partial charge in [-0.2, -0.15) is 0 Å². The van der Waals surface area contributed by atoms with Gasteiger partial charge < -0.3 is 28.4 Å². The van der Waals surface area contributed by atoms with Gasteiger partial charge in [-0.3, -0.25) is 9.69 Å². The van der Waals surface area contributed by atoms with Gasteiger partial charge in [0, 0.05) is 25.5 Å². The summed E-state index contributed by atoms with van der Waals surface area (Å²) in [6.07, 6.45) is 8.85. The van der Waals surface area contributed by atoms with E-state index >= 15 is 0 Å². The van der Waals surface area contributed by atoms with Crippen LogP contribution in [0, 0.1) is 0 Å². The van der Waals surface area contributed by atoms with Crippen LogP contribution in [-0.4, -0.2) is 62.7 Å². The molecule has 3 aromatic carbocycles. The molecule has 4 atom stereocenters. The molecule has 0 N–H and O–H groups in total. The molecule has 244 valence electrons. The third-order valence-electron chi connectivity index (χ3n) is 9.44. The Morgan fingerprint density at radius 1 is 0.674 bits per heavy atom. The van der Waals surface area contributed by atoms with Crippen LogP contribution in [0.1, 0.15) is 91.3 Å². The summed E-state index contributed by atoms with van der Waals surface area (Å²) in [6, 6.07) is 21.3. The minimum atomic E-state index is -0.535. The molecule has 0 saturated carbocycles. The summed E-state index contributed by atoms with van der Waals surface area (Å²) in [5.41, 5.74) is 2.33. The zero-order valence-corrected chi connectivity index (χ0v) is 26.6. The highest BCUT2D eigenvalue weighted by Crippen LogP contribution is 2.45. The van der Waals surface area contributed by atoms with E-state index in [-0.39, 0.29) is 18.4 Å². The first-order valence-corrected chi connectivity index (χ1v) is 17.2. The van der Waals surface area contributed by atoms with Crippen LogP contribution in [0.25, 0.3) is 0 Å². The number of carbonyl (C=O) groups excluding carboxylic acids is 1. The Kier molecular flexibility index (Phi) is 10.0. The van der Waals surface area contributed by atoms with Crippen molar-refractivity contribution in [3.8, 4) is 23.0 Å². The van der Waals surface area contributed by atoms with Gasteiger partial charge in [-0.1, -0.05) is 30.7 Å². The lowest BCUT2D eigenvalue weighted by atomic mass is 9.81. The molecule has 7 rings (SSSR count). The second-order valence-corrected chi connectivity index (χ2v) is 12.8. The summed E-state index contributed by atoms with van der Waals surface area (Å²) in [5, 5.41) is 0. The van der Waals surface area contributed by atoms with E-state index in [1.54, 1.807) is 0 Å². The predicted molar refractivity (Wildman–Crippen MR) is 174 cm³/mol. The van der Waals surface area contributed by atoms with Crippen molar-refractivity contribution in [3.05, 3.63) is 83.4 Å². The van der Waals surface area contributed by atoms with Crippen molar-refractivity contribution in [2.45, 2.75) is 82.4 Å². The smallest absolute Gasteiger partial charge is 0.199 e. The summed E-state index contributed by atoms with van der Waals surface area (Å²) in [7, 11) is 0. The van der Waals surface area contributed by atoms with Crippen molar-refractivity contribution in [3.63, 3.8) is 0 Å². The summed E-state index contributed by atoms with van der Waals surface area (Å²) in [6.45, 7) is 5.32. The predicted octanol–water partition coefficient (Wildman–Crippen LogP) is 7.46. The average molecular weight is 628 g/mol. The highest BCUT2D eigenvalue weighted by molar-refractivity contribution is 6.05. The normalized spacial score (nSPS) is 25.3. The molecule has 3 fully saturated rings. The Balaban J connectivity index is 1.11. The number of ketones is 1. The fourth-order valence-electron chi connectivity index (χ4n) is 6.87. The number of nitrogens with zero attached hydrogens (tertiary/aromatic N) is 1. The first-order valence-electron chi connectivity index (χ1n) is 17.2. The van der Waals surface area contributed by atoms with Gasteiger partial charge in [0.05, 0.1) is 24.7 Å². The average Bonchev–Trinajstić information content (AvgIpc) is 3.10. The maximum Gasteiger partial charge on any atom is 0.199 e. The number of ether oxygens (including phenoxy) is 6. The van der Waals surface area contributed by atoms with E-state index in [0.29, 0.717) is 30.3 Å². The van der Waals surface area contributed by atoms with Crippen LogP contribution in [0.5, 0.6) is 23.0 Å². The van der Waals surface area contributed by atoms with Crippen LogP contribution in [0.15, 0.2) is 66.7 Å². The van der Waals surface area contributed by atoms with E-state index in [9.17, 15) is 4.79 Å². The number of piperidine rings is 1. The van der Waals surface area contributed by atoms with Crippen molar-refractivity contribution in [2.75, 3.05) is 39.5 Å². The third kappa shape index (κ3) is 7.51. The molecule has 3 aromatic rings. The Bertz CT molecular complexity index is 1420. The Morgan fingerprint density at radius 3 is 1.98 bits per heavy atom. The summed E-state index contributed by atoms with van der Waals surface area (Å²) in [5.74, 6) is 2.18. The van der Waals surface area contributed by atoms with E-state index in [2.05, 4.69) is 4.90 Å². The van der Waals surface area contributed by atoms with Crippen LogP contribution in [0.4, 0.5) is 0 Å². The topological polar surface area (TPSA) is 75.7 Å². The van der Waals surface area contributed by atoms with Crippen LogP contribution >= 0.6 is 0 Å². The van der Waals surface area contributed by atoms with Crippen LogP contribution in [0.3, 0.4) is 0 Å². The first-order chi connectivity index (χ1) is 22.7. The molecule has 8 heteroatoms. The fourth-order valence-corrected chi connectivity index (χ4v) is 6.87. The fraction of sp³-hybridized carbons (Fsp3) is 0.500. The Hall–Kier alpha value is -3.59. The lowest BCUT2D eigenvalue weighted by Crippen LogP contribution is -2.33. The molecular formula is C38H45NO7. The minimum absolute atomic E-state index is 0.0119. The molecule has 8 nitrogen and oxygen atoms in total. The maximum atomic E-state index is 14.2. The summed E-state index contributed by atoms with van der Waals surface area (Å²) < 4.78 is 36.5. The molecule has 0 spiro atoms. The molecule has 0 radical (unpaired) electrons. The van der Waals surface area contributed by atoms with E-state index in [4.69, 9.17) is 28.4 Å². The van der Waals surface area contributed by atoms with Crippen molar-refractivity contribution in [2.24, 2.45) is 0 Å². The quantitative estimate of drug-likeness (QED) is 0.229. The van der Waals surface area contributed by atoms with Gasteiger partial charge in [0.25, 0.3) is 0 Å². The zero-order valence-electron chi connectivity index (χ0n) is 26.6. The molecular weight excluding hydrogens is 582 g/mol. The second-order valence-electron chi connectivity index (χ2n) is 12.8. The molecule has 0 aliphatic carbocycles. The molecule has 4 heterocycles. The molecule has 0 amide bonds. The first kappa shape index (κ1) is 31.0. The highest BCUT2D eigenvalue weighted by atomic mass is 16.7. The number of hydrogen-bond donors (Lipinski definition) is 0. The largest absolute Gasteiger partial charge is 0.492 e. The van der Waals surface area contributed by atoms with Gasteiger partial charge in [0.15, 0.2) is 18.4 Å². The molecule has 4 aliphatic rings. The number of hydrogen-bond acceptors (Lipinski definition) is 8. The monoisotopic (exact) mass is 627 g/mol. The number of likely N-dealkylation sites (tertiary alicyclic amines) is 1. The van der Waals surface area contributed by atoms with Crippen molar-refractivity contribution in [1.82, 2.24) is 4.90 Å². The molecule has 0 aromatic heterocycles. The van der Waals surface area contributed by atoms with Gasteiger partial charge in [-0.15, -0.1) is 0 Å². The molecule has 0 bridgehead atoms. The number of fused-ring (bicyclic) bond motifs is 1. The Labute approximate surface area is 271 Å². The van der Waals surface area contributed by atoms with Crippen LogP contribution < -0.4 is 18.9 Å². The van der Waals surface area contributed by atoms with Crippen LogP contribution in [0.2, 0.25) is 0 Å². The number of rotatable bonds is 10. The summed E-state index contributed by atoms with van der Waals surface area (Å²) >= 11 is 0. The van der Waals surface area contributed by atoms with Gasteiger partial charge in [0.1, 0.15) is 35.7 Å². The SMILES string of the molecule is O=C1c2ccc(OC3CCCCO3)cc2O[C@H](c2ccc(OCCN3CCCCC3)cc2)[C@H]1c1ccc(OC2CCCCO2)cc1. The zero-order chi connectivity index (χ0) is 31.1. The standard InChI is InChI=1S/C38H45NO7/c40-37-32-19-18-31(45-35-9-3-7-24-43-35)26-33(32)46-38(28-12-14-29(15-13-28)41-25-22-39-20-4-1-5-21-39)36(37)27-10-16-30(17-11-27)44-34-8-2-6-23-42-34/h10-19,26,34-36,38H,1-9,20-25H2/t34?,35?,36-,38+/m0/s1. The summed E-state index contributed by atoms with van der Waals surface area (Å²) in [4.78, 5) is 16.7. The second kappa shape index (κ2) is 14.9. The van der Waals surface area contributed by atoms with Crippen molar-refractivity contribution >= 4 is 5.78 Å². The van der Waals surface area contributed by atoms with E-state index in [0.717, 1.165) is 87.4 Å². The molecule has 3 saturated heterocycles. The number of benzene rings is 3. The third-order valence-corrected chi connectivity index (χ3v) is 9.44. The maximum absolute atomic E-state index is 14.2. The number of carbonyl (C=O) groups is 1. The Morgan fingerprint density at radius 2 is 1.30 bits per heavy atom. The highest BCUT2D eigenvalue weighted by Gasteiger charge is 2.40. The number of Topliss-reactive ketones (excluding diaryl/α,β-unsaturated/α-hetero) is 1. The van der Waals surface area contributed by atoms with Crippen molar-refractivity contribution in [1.29, 1.82) is 0 Å².